The number of hydrogen-bond donors (Lipinski definition) is 1. The van der Waals surface area contributed by atoms with E-state index in [4.69, 9.17) is 12.2 Å². The average Bonchev–Trinajstić information content (AvgIpc) is 2.88. The lowest BCUT2D eigenvalue weighted by Crippen LogP contribution is -2.10. The first-order valence-corrected chi connectivity index (χ1v) is 4.40. The first kappa shape index (κ1) is 7.68. The van der Waals surface area contributed by atoms with Crippen molar-refractivity contribution in [2.75, 3.05) is 5.32 Å². The van der Waals surface area contributed by atoms with Gasteiger partial charge in [-0.1, -0.05) is 12.2 Å². The first-order chi connectivity index (χ1) is 5.86. The van der Waals surface area contributed by atoms with Crippen LogP contribution in [0.25, 0.3) is 0 Å². The number of thiocarbonyl (C=S) groups is 1. The summed E-state index contributed by atoms with van der Waals surface area (Å²) in [6, 6.07) is 3.69. The van der Waals surface area contributed by atoms with Gasteiger partial charge in [-0.3, -0.25) is 4.98 Å². The van der Waals surface area contributed by atoms with Crippen LogP contribution in [-0.4, -0.2) is 9.97 Å². The van der Waals surface area contributed by atoms with Gasteiger partial charge in [-0.05, 0) is 25.0 Å². The summed E-state index contributed by atoms with van der Waals surface area (Å²) in [5, 5.41) is 3.15. The molecule has 1 aliphatic carbocycles. The highest BCUT2D eigenvalue weighted by molar-refractivity contribution is 7.80. The highest BCUT2D eigenvalue weighted by atomic mass is 32.1. The lowest BCUT2D eigenvalue weighted by molar-refractivity contribution is 1.21. The van der Waals surface area contributed by atoms with E-state index in [2.05, 4.69) is 16.5 Å². The van der Waals surface area contributed by atoms with E-state index < -0.39 is 0 Å². The van der Waals surface area contributed by atoms with Gasteiger partial charge in [-0.2, -0.15) is 0 Å². The van der Waals surface area contributed by atoms with Gasteiger partial charge in [-0.15, -0.1) is 0 Å². The SMILES string of the molecule is S=C(Nc1cc[c]nc1)C1CC1. The Bertz CT molecular complexity index is 280. The Labute approximate surface area is 77.0 Å². The Hall–Kier alpha value is -0.960. The minimum Gasteiger partial charge on any atom is -0.349 e. The van der Waals surface area contributed by atoms with Crippen LogP contribution in [0.5, 0.6) is 0 Å². The summed E-state index contributed by atoms with van der Waals surface area (Å²) < 4.78 is 0. The third kappa shape index (κ3) is 1.80. The highest BCUT2D eigenvalue weighted by Gasteiger charge is 2.26. The van der Waals surface area contributed by atoms with E-state index in [0.717, 1.165) is 10.7 Å². The lowest BCUT2D eigenvalue weighted by atomic mass is 10.3. The molecule has 12 heavy (non-hydrogen) atoms. The molecule has 2 rings (SSSR count). The molecule has 61 valence electrons. The van der Waals surface area contributed by atoms with Gasteiger partial charge in [0.25, 0.3) is 0 Å². The molecule has 0 aliphatic heterocycles. The summed E-state index contributed by atoms with van der Waals surface area (Å²) in [6.07, 6.45) is 6.92. The second kappa shape index (κ2) is 3.19. The van der Waals surface area contributed by atoms with E-state index >= 15 is 0 Å². The zero-order chi connectivity index (χ0) is 8.39. The van der Waals surface area contributed by atoms with Gasteiger partial charge in [0.2, 0.25) is 0 Å². The Balaban J connectivity index is 1.98. The van der Waals surface area contributed by atoms with Gasteiger partial charge < -0.3 is 5.32 Å². The number of aromatic nitrogens is 1. The van der Waals surface area contributed by atoms with Crippen molar-refractivity contribution < 1.29 is 0 Å². The molecule has 1 fully saturated rings. The minimum atomic E-state index is 0.615. The van der Waals surface area contributed by atoms with Gasteiger partial charge in [0, 0.05) is 5.92 Å². The van der Waals surface area contributed by atoms with Gasteiger partial charge in [0.1, 0.15) is 0 Å². The molecule has 1 aromatic rings. The molecule has 1 aliphatic rings. The van der Waals surface area contributed by atoms with Crippen molar-refractivity contribution in [1.29, 1.82) is 0 Å². The zero-order valence-electron chi connectivity index (χ0n) is 6.58. The summed E-state index contributed by atoms with van der Waals surface area (Å²) >= 11 is 5.17. The standard InChI is InChI=1S/C9H9N2S/c12-9(7-3-4-7)11-8-2-1-5-10-6-8/h1-2,6-7H,3-4H2,(H,11,12). The fourth-order valence-corrected chi connectivity index (χ4v) is 1.34. The quantitative estimate of drug-likeness (QED) is 0.700. The number of anilines is 1. The molecule has 0 amide bonds. The van der Waals surface area contributed by atoms with Crippen molar-refractivity contribution in [2.24, 2.45) is 5.92 Å². The second-order valence-electron chi connectivity index (χ2n) is 2.94. The topological polar surface area (TPSA) is 24.9 Å². The molecule has 0 saturated heterocycles. The number of nitrogens with zero attached hydrogens (tertiary/aromatic N) is 1. The predicted molar refractivity (Wildman–Crippen MR) is 52.0 cm³/mol. The van der Waals surface area contributed by atoms with Crippen molar-refractivity contribution in [3.05, 3.63) is 24.5 Å². The van der Waals surface area contributed by atoms with E-state index in [0.29, 0.717) is 5.92 Å². The number of pyridine rings is 1. The maximum absolute atomic E-state index is 5.17. The molecule has 0 spiro atoms. The van der Waals surface area contributed by atoms with E-state index in [-0.39, 0.29) is 0 Å². The van der Waals surface area contributed by atoms with Crippen LogP contribution < -0.4 is 5.32 Å². The van der Waals surface area contributed by atoms with Crippen LogP contribution in [0.15, 0.2) is 18.3 Å². The fourth-order valence-electron chi connectivity index (χ4n) is 0.984. The molecule has 2 nitrogen and oxygen atoms in total. The molecule has 1 heterocycles. The molecule has 0 aromatic carbocycles. The maximum Gasteiger partial charge on any atom is 0.0887 e. The van der Waals surface area contributed by atoms with Crippen molar-refractivity contribution in [3.8, 4) is 0 Å². The number of nitrogens with one attached hydrogen (secondary N) is 1. The lowest BCUT2D eigenvalue weighted by Gasteiger charge is -2.04. The van der Waals surface area contributed by atoms with Crippen LogP contribution in [0.2, 0.25) is 0 Å². The molecule has 0 unspecified atom stereocenters. The van der Waals surface area contributed by atoms with Crippen molar-refractivity contribution in [2.45, 2.75) is 12.8 Å². The third-order valence-electron chi connectivity index (χ3n) is 1.83. The van der Waals surface area contributed by atoms with Crippen molar-refractivity contribution in [3.63, 3.8) is 0 Å². The molecule has 1 aromatic heterocycles. The van der Waals surface area contributed by atoms with Crippen molar-refractivity contribution >= 4 is 22.9 Å². The maximum atomic E-state index is 5.17. The molecular weight excluding hydrogens is 168 g/mol. The normalized spacial score (nSPS) is 15.7. The predicted octanol–water partition coefficient (Wildman–Crippen LogP) is 2.03. The Morgan fingerprint density at radius 2 is 2.50 bits per heavy atom. The van der Waals surface area contributed by atoms with Gasteiger partial charge >= 0.3 is 0 Å². The van der Waals surface area contributed by atoms with Crippen molar-refractivity contribution in [1.82, 2.24) is 4.98 Å². The van der Waals surface area contributed by atoms with E-state index in [9.17, 15) is 0 Å². The number of hydrogen-bond acceptors (Lipinski definition) is 2. The van der Waals surface area contributed by atoms with Crippen LogP contribution in [0.3, 0.4) is 0 Å². The van der Waals surface area contributed by atoms with Gasteiger partial charge in [-0.25, -0.2) is 0 Å². The molecule has 0 bridgehead atoms. The minimum absolute atomic E-state index is 0.615. The second-order valence-corrected chi connectivity index (χ2v) is 3.38. The molecule has 1 N–H and O–H groups in total. The van der Waals surface area contributed by atoms with E-state index in [1.165, 1.54) is 12.8 Å². The molecule has 1 saturated carbocycles. The van der Waals surface area contributed by atoms with Crippen LogP contribution in [0.1, 0.15) is 12.8 Å². The third-order valence-corrected chi connectivity index (χ3v) is 2.27. The van der Waals surface area contributed by atoms with Gasteiger partial charge in [0.15, 0.2) is 0 Å². The average molecular weight is 177 g/mol. The van der Waals surface area contributed by atoms with Crippen LogP contribution in [-0.2, 0) is 0 Å². The zero-order valence-corrected chi connectivity index (χ0v) is 7.40. The van der Waals surface area contributed by atoms with E-state index in [1.807, 2.05) is 6.07 Å². The van der Waals surface area contributed by atoms with E-state index in [1.54, 1.807) is 12.3 Å². The molecular formula is C9H9N2S. The van der Waals surface area contributed by atoms with Crippen LogP contribution >= 0.6 is 12.2 Å². The highest BCUT2D eigenvalue weighted by Crippen LogP contribution is 2.30. The number of rotatable bonds is 2. The summed E-state index contributed by atoms with van der Waals surface area (Å²) in [5.74, 6) is 0.615. The van der Waals surface area contributed by atoms with Gasteiger partial charge in [0.05, 0.1) is 23.1 Å². The Morgan fingerprint density at radius 3 is 3.08 bits per heavy atom. The summed E-state index contributed by atoms with van der Waals surface area (Å²) in [7, 11) is 0. The molecule has 0 atom stereocenters. The monoisotopic (exact) mass is 177 g/mol. The summed E-state index contributed by atoms with van der Waals surface area (Å²) in [6.45, 7) is 0. The Morgan fingerprint density at radius 1 is 1.67 bits per heavy atom. The van der Waals surface area contributed by atoms with Crippen LogP contribution in [0, 0.1) is 12.1 Å². The molecule has 3 heteroatoms. The molecule has 1 radical (unpaired) electrons. The Kier molecular flexibility index (Phi) is 2.04. The van der Waals surface area contributed by atoms with Crippen LogP contribution in [0.4, 0.5) is 5.69 Å². The summed E-state index contributed by atoms with van der Waals surface area (Å²) in [5.41, 5.74) is 0.964. The largest absolute Gasteiger partial charge is 0.349 e. The summed E-state index contributed by atoms with van der Waals surface area (Å²) in [4.78, 5) is 4.82. The fraction of sp³-hybridized carbons (Fsp3) is 0.333. The smallest absolute Gasteiger partial charge is 0.0887 e. The first-order valence-electron chi connectivity index (χ1n) is 3.99.